The zero-order valence-electron chi connectivity index (χ0n) is 17.0. The van der Waals surface area contributed by atoms with Crippen LogP contribution in [-0.2, 0) is 25.7 Å². The van der Waals surface area contributed by atoms with Crippen LogP contribution >= 0.6 is 0 Å². The molecule has 1 aliphatic carbocycles. The number of ketones is 1. The Hall–Kier alpha value is -3.61. The Labute approximate surface area is 179 Å². The Morgan fingerprint density at radius 3 is 2.68 bits per heavy atom. The summed E-state index contributed by atoms with van der Waals surface area (Å²) < 4.78 is 29.6. The average Bonchev–Trinajstić information content (AvgIpc) is 2.77. The molecule has 31 heavy (non-hydrogen) atoms. The van der Waals surface area contributed by atoms with E-state index in [0.29, 0.717) is 47.5 Å². The number of hydrogen-bond acceptors (Lipinski definition) is 6. The lowest BCUT2D eigenvalue weighted by Crippen LogP contribution is -2.31. The lowest BCUT2D eigenvalue weighted by molar-refractivity contribution is -0.136. The summed E-state index contributed by atoms with van der Waals surface area (Å²) in [4.78, 5) is 25.2. The molecule has 7 heteroatoms. The van der Waals surface area contributed by atoms with E-state index in [1.807, 2.05) is 0 Å². The van der Waals surface area contributed by atoms with Gasteiger partial charge in [0.05, 0.1) is 13.0 Å². The van der Waals surface area contributed by atoms with E-state index in [1.54, 1.807) is 36.4 Å². The summed E-state index contributed by atoms with van der Waals surface area (Å²) in [5.41, 5.74) is 8.02. The van der Waals surface area contributed by atoms with Crippen LogP contribution in [0.15, 0.2) is 71.3 Å². The van der Waals surface area contributed by atoms with Crippen LogP contribution in [0, 0.1) is 5.82 Å². The minimum absolute atomic E-state index is 0.0447. The molecule has 2 aromatic rings. The number of esters is 1. The largest absolute Gasteiger partial charge is 0.489 e. The molecule has 1 heterocycles. The van der Waals surface area contributed by atoms with Crippen LogP contribution in [0.4, 0.5) is 4.39 Å². The molecular weight excluding hydrogens is 401 g/mol. The van der Waals surface area contributed by atoms with Gasteiger partial charge >= 0.3 is 5.97 Å². The highest BCUT2D eigenvalue weighted by atomic mass is 19.1. The van der Waals surface area contributed by atoms with E-state index in [-0.39, 0.29) is 29.7 Å². The first-order chi connectivity index (χ1) is 15.0. The van der Waals surface area contributed by atoms with Crippen LogP contribution < -0.4 is 10.5 Å². The molecule has 160 valence electrons. The van der Waals surface area contributed by atoms with E-state index in [2.05, 4.69) is 0 Å². The molecule has 0 bridgehead atoms. The van der Waals surface area contributed by atoms with Crippen molar-refractivity contribution in [3.8, 4) is 5.75 Å². The van der Waals surface area contributed by atoms with E-state index in [4.69, 9.17) is 19.9 Å². The molecular formula is C24H22FNO5. The molecule has 4 rings (SSSR count). The molecule has 2 N–H and O–H groups in total. The number of methoxy groups -OCH3 is 1. The lowest BCUT2D eigenvalue weighted by Gasteiger charge is -2.32. The minimum Gasteiger partial charge on any atom is -0.489 e. The van der Waals surface area contributed by atoms with E-state index in [9.17, 15) is 14.0 Å². The zero-order valence-corrected chi connectivity index (χ0v) is 17.0. The summed E-state index contributed by atoms with van der Waals surface area (Å²) in [7, 11) is 1.26. The first-order valence-corrected chi connectivity index (χ1v) is 9.97. The van der Waals surface area contributed by atoms with Crippen LogP contribution in [0.1, 0.15) is 36.3 Å². The van der Waals surface area contributed by atoms with E-state index < -0.39 is 11.9 Å². The normalized spacial score (nSPS) is 18.4. The number of benzene rings is 2. The third-order valence-electron chi connectivity index (χ3n) is 5.40. The zero-order chi connectivity index (χ0) is 22.0. The number of hydrogen-bond donors (Lipinski definition) is 1. The summed E-state index contributed by atoms with van der Waals surface area (Å²) in [6, 6.07) is 13.2. The Morgan fingerprint density at radius 2 is 1.97 bits per heavy atom. The maximum absolute atomic E-state index is 13.3. The van der Waals surface area contributed by atoms with Gasteiger partial charge in [-0.05, 0) is 41.8 Å². The topological polar surface area (TPSA) is 87.9 Å². The number of rotatable bonds is 5. The van der Waals surface area contributed by atoms with Crippen LogP contribution in [0.3, 0.4) is 0 Å². The summed E-state index contributed by atoms with van der Waals surface area (Å²) in [5, 5.41) is 0. The molecule has 1 atom stereocenters. The number of allylic oxidation sites excluding steroid dienone is 2. The third kappa shape index (κ3) is 4.17. The fourth-order valence-corrected chi connectivity index (χ4v) is 3.95. The first-order valence-electron chi connectivity index (χ1n) is 9.97. The van der Waals surface area contributed by atoms with Crippen LogP contribution in [0.2, 0.25) is 0 Å². The smallest absolute Gasteiger partial charge is 0.340 e. The maximum Gasteiger partial charge on any atom is 0.340 e. The van der Waals surface area contributed by atoms with Crippen molar-refractivity contribution in [1.29, 1.82) is 0 Å². The summed E-state index contributed by atoms with van der Waals surface area (Å²) >= 11 is 0. The van der Waals surface area contributed by atoms with Crippen molar-refractivity contribution in [3.63, 3.8) is 0 Å². The van der Waals surface area contributed by atoms with Gasteiger partial charge < -0.3 is 19.9 Å². The molecule has 0 aromatic heterocycles. The van der Waals surface area contributed by atoms with Gasteiger partial charge in [-0.25, -0.2) is 9.18 Å². The van der Waals surface area contributed by atoms with Crippen molar-refractivity contribution in [2.75, 3.05) is 7.11 Å². The van der Waals surface area contributed by atoms with Crippen molar-refractivity contribution < 1.29 is 28.2 Å². The maximum atomic E-state index is 13.3. The quantitative estimate of drug-likeness (QED) is 0.735. The number of carbonyl (C=O) groups excluding carboxylic acids is 2. The molecule has 0 amide bonds. The van der Waals surface area contributed by atoms with Crippen molar-refractivity contribution in [3.05, 3.63) is 88.3 Å². The molecule has 2 aromatic carbocycles. The second-order valence-electron chi connectivity index (χ2n) is 7.41. The predicted octanol–water partition coefficient (Wildman–Crippen LogP) is 3.87. The molecule has 1 aliphatic heterocycles. The van der Waals surface area contributed by atoms with Gasteiger partial charge in [0.1, 0.15) is 29.5 Å². The van der Waals surface area contributed by atoms with Gasteiger partial charge in [-0.2, -0.15) is 0 Å². The van der Waals surface area contributed by atoms with Gasteiger partial charge in [-0.15, -0.1) is 0 Å². The molecule has 0 radical (unpaired) electrons. The van der Waals surface area contributed by atoms with Crippen LogP contribution in [0.25, 0.3) is 0 Å². The van der Waals surface area contributed by atoms with Crippen molar-refractivity contribution in [2.45, 2.75) is 31.8 Å². The third-order valence-corrected chi connectivity index (χ3v) is 5.40. The number of halogens is 1. The van der Waals surface area contributed by atoms with Gasteiger partial charge in [-0.3, -0.25) is 4.79 Å². The fourth-order valence-electron chi connectivity index (χ4n) is 3.95. The van der Waals surface area contributed by atoms with Gasteiger partial charge in [0.15, 0.2) is 5.78 Å². The number of Topliss-reactive ketones (excluding diaryl/α,β-unsaturated/α-hetero) is 1. The fraction of sp³-hybridized carbons (Fsp3) is 0.250. The molecule has 0 saturated carbocycles. The van der Waals surface area contributed by atoms with Crippen molar-refractivity contribution >= 4 is 11.8 Å². The number of ether oxygens (including phenoxy) is 3. The minimum atomic E-state index is -0.665. The summed E-state index contributed by atoms with van der Waals surface area (Å²) in [6.45, 7) is 0.211. The number of nitrogens with two attached hydrogens (primary N) is 1. The Kier molecular flexibility index (Phi) is 5.75. The second kappa shape index (κ2) is 8.63. The van der Waals surface area contributed by atoms with Crippen molar-refractivity contribution in [1.82, 2.24) is 0 Å². The van der Waals surface area contributed by atoms with Gasteiger partial charge in [0, 0.05) is 18.4 Å². The average molecular weight is 423 g/mol. The molecule has 0 fully saturated rings. The lowest BCUT2D eigenvalue weighted by atomic mass is 9.77. The summed E-state index contributed by atoms with van der Waals surface area (Å²) in [6.07, 6.45) is 1.65. The van der Waals surface area contributed by atoms with Gasteiger partial charge in [0.2, 0.25) is 5.88 Å². The monoisotopic (exact) mass is 423 g/mol. The standard InChI is InChI=1S/C24H22FNO5/c1-29-24(28)22-20(21-18(27)6-3-7-19(21)31-23(22)26)15-8-10-17(11-9-15)30-13-14-4-2-5-16(25)12-14/h2,4-5,8-12,20H,3,6-7,13,26H2,1H3/t20-/m1/s1. The number of carbonyl (C=O) groups is 2. The van der Waals surface area contributed by atoms with E-state index in [1.165, 1.54) is 19.2 Å². The van der Waals surface area contributed by atoms with Gasteiger partial charge in [-0.1, -0.05) is 24.3 Å². The highest BCUT2D eigenvalue weighted by Gasteiger charge is 2.41. The van der Waals surface area contributed by atoms with Crippen LogP contribution in [0.5, 0.6) is 5.75 Å². The highest BCUT2D eigenvalue weighted by Crippen LogP contribution is 2.44. The Morgan fingerprint density at radius 1 is 1.19 bits per heavy atom. The second-order valence-corrected chi connectivity index (χ2v) is 7.41. The Balaban J connectivity index is 1.63. The Bertz CT molecular complexity index is 1090. The predicted molar refractivity (Wildman–Crippen MR) is 110 cm³/mol. The van der Waals surface area contributed by atoms with Crippen molar-refractivity contribution in [2.24, 2.45) is 5.73 Å². The molecule has 6 nitrogen and oxygen atoms in total. The first kappa shape index (κ1) is 20.7. The molecule has 0 saturated heterocycles. The SMILES string of the molecule is COC(=O)C1=C(N)OC2=C(C(=O)CCC2)[C@H]1c1ccc(OCc2cccc(F)c2)cc1. The van der Waals surface area contributed by atoms with Gasteiger partial charge in [0.25, 0.3) is 0 Å². The van der Waals surface area contributed by atoms with E-state index >= 15 is 0 Å². The van der Waals surface area contributed by atoms with E-state index in [0.717, 1.165) is 0 Å². The van der Waals surface area contributed by atoms with Crippen LogP contribution in [-0.4, -0.2) is 18.9 Å². The highest BCUT2D eigenvalue weighted by molar-refractivity contribution is 6.03. The molecule has 0 spiro atoms. The molecule has 2 aliphatic rings. The summed E-state index contributed by atoms with van der Waals surface area (Å²) in [5.74, 6) is -0.654. The molecule has 0 unspecified atom stereocenters.